The van der Waals surface area contributed by atoms with E-state index in [2.05, 4.69) is 0 Å². The van der Waals surface area contributed by atoms with Crippen molar-refractivity contribution in [1.82, 2.24) is 4.90 Å². The summed E-state index contributed by atoms with van der Waals surface area (Å²) in [5.41, 5.74) is 6.46. The highest BCUT2D eigenvalue weighted by atomic mass is 16.5. The summed E-state index contributed by atoms with van der Waals surface area (Å²) in [4.78, 5) is 14.2. The van der Waals surface area contributed by atoms with E-state index in [1.54, 1.807) is 24.1 Å². The smallest absolute Gasteiger partial charge is 0.254 e. The molecule has 1 saturated heterocycles. The van der Waals surface area contributed by atoms with Crippen molar-refractivity contribution in [1.29, 1.82) is 0 Å². The molecule has 0 saturated carbocycles. The fourth-order valence-electron chi connectivity index (χ4n) is 2.12. The second-order valence-corrected chi connectivity index (χ2v) is 4.75. The Morgan fingerprint density at radius 1 is 1.58 bits per heavy atom. The molecule has 104 valence electrons. The first-order valence-corrected chi connectivity index (χ1v) is 6.42. The molecule has 1 aromatic rings. The number of nitrogens with zero attached hydrogens (tertiary/aromatic N) is 1. The molecule has 1 aliphatic rings. The Bertz CT molecular complexity index is 448. The number of carbonyl (C=O) groups excluding carboxylic acids is 1. The molecule has 0 radical (unpaired) electrons. The van der Waals surface area contributed by atoms with Gasteiger partial charge < -0.3 is 20.1 Å². The average molecular weight is 264 g/mol. The minimum Gasteiger partial charge on any atom is -0.497 e. The highest BCUT2D eigenvalue weighted by molar-refractivity contribution is 5.94. The van der Waals surface area contributed by atoms with Gasteiger partial charge in [0.05, 0.1) is 19.8 Å². The third-order valence-corrected chi connectivity index (χ3v) is 3.28. The van der Waals surface area contributed by atoms with Crippen LogP contribution >= 0.6 is 0 Å². The Hall–Kier alpha value is -1.59. The highest BCUT2D eigenvalue weighted by Crippen LogP contribution is 2.16. The number of nitrogens with two attached hydrogens (primary N) is 1. The zero-order valence-corrected chi connectivity index (χ0v) is 11.3. The Labute approximate surface area is 113 Å². The maximum atomic E-state index is 12.4. The van der Waals surface area contributed by atoms with Gasteiger partial charge in [0.25, 0.3) is 5.91 Å². The number of morpholine rings is 1. The van der Waals surface area contributed by atoms with E-state index < -0.39 is 0 Å². The van der Waals surface area contributed by atoms with E-state index in [4.69, 9.17) is 15.2 Å². The van der Waals surface area contributed by atoms with E-state index in [1.807, 2.05) is 19.1 Å². The molecular weight excluding hydrogens is 244 g/mol. The van der Waals surface area contributed by atoms with Crippen molar-refractivity contribution < 1.29 is 14.3 Å². The first-order chi connectivity index (χ1) is 9.11. The average Bonchev–Trinajstić information content (AvgIpc) is 2.46. The minimum atomic E-state index is -0.0942. The van der Waals surface area contributed by atoms with Crippen LogP contribution in [0, 0.1) is 0 Å². The van der Waals surface area contributed by atoms with Crippen LogP contribution in [0.5, 0.6) is 5.75 Å². The van der Waals surface area contributed by atoms with Crippen LogP contribution < -0.4 is 10.5 Å². The quantitative estimate of drug-likeness (QED) is 0.880. The van der Waals surface area contributed by atoms with Crippen molar-refractivity contribution in [2.75, 3.05) is 26.8 Å². The van der Waals surface area contributed by atoms with E-state index in [0.29, 0.717) is 31.0 Å². The van der Waals surface area contributed by atoms with E-state index in [1.165, 1.54) is 0 Å². The Balaban J connectivity index is 2.10. The molecule has 0 aliphatic carbocycles. The molecule has 0 spiro atoms. The van der Waals surface area contributed by atoms with E-state index >= 15 is 0 Å². The first kappa shape index (κ1) is 13.8. The Kier molecular flexibility index (Phi) is 4.39. The van der Waals surface area contributed by atoms with Crippen molar-refractivity contribution >= 4 is 5.91 Å². The molecule has 5 nitrogen and oxygen atoms in total. The van der Waals surface area contributed by atoms with Gasteiger partial charge in [-0.2, -0.15) is 0 Å². The van der Waals surface area contributed by atoms with Crippen molar-refractivity contribution in [2.24, 2.45) is 5.73 Å². The maximum Gasteiger partial charge on any atom is 0.254 e. The van der Waals surface area contributed by atoms with Gasteiger partial charge in [-0.15, -0.1) is 0 Å². The molecule has 2 unspecified atom stereocenters. The molecule has 1 aliphatic heterocycles. The van der Waals surface area contributed by atoms with Gasteiger partial charge in [-0.1, -0.05) is 6.07 Å². The number of methoxy groups -OCH3 is 1. The first-order valence-electron chi connectivity index (χ1n) is 6.42. The van der Waals surface area contributed by atoms with Crippen LogP contribution in [0.4, 0.5) is 0 Å². The number of benzene rings is 1. The van der Waals surface area contributed by atoms with Gasteiger partial charge >= 0.3 is 0 Å². The second-order valence-electron chi connectivity index (χ2n) is 4.75. The predicted octanol–water partition coefficient (Wildman–Crippen LogP) is 0.883. The predicted molar refractivity (Wildman–Crippen MR) is 72.3 cm³/mol. The monoisotopic (exact) mass is 264 g/mol. The molecule has 2 atom stereocenters. The van der Waals surface area contributed by atoms with Gasteiger partial charge in [-0.3, -0.25) is 4.79 Å². The molecule has 0 aromatic heterocycles. The van der Waals surface area contributed by atoms with Gasteiger partial charge in [0.2, 0.25) is 0 Å². The number of ether oxygens (including phenoxy) is 2. The van der Waals surface area contributed by atoms with Crippen molar-refractivity contribution in [3.8, 4) is 5.75 Å². The molecule has 1 fully saturated rings. The van der Waals surface area contributed by atoms with Crippen LogP contribution in [0.1, 0.15) is 17.3 Å². The van der Waals surface area contributed by atoms with E-state index in [-0.39, 0.29) is 18.1 Å². The fourth-order valence-corrected chi connectivity index (χ4v) is 2.12. The lowest BCUT2D eigenvalue weighted by molar-refractivity contribution is -0.0300. The largest absolute Gasteiger partial charge is 0.497 e. The summed E-state index contributed by atoms with van der Waals surface area (Å²) in [5.74, 6) is 0.677. The van der Waals surface area contributed by atoms with Crippen LogP contribution in [0.15, 0.2) is 24.3 Å². The number of hydrogen-bond acceptors (Lipinski definition) is 4. The summed E-state index contributed by atoms with van der Waals surface area (Å²) >= 11 is 0. The van der Waals surface area contributed by atoms with Crippen LogP contribution in [-0.2, 0) is 4.74 Å². The SMILES string of the molecule is COc1cccc(C(=O)N2CCOC(C(C)N)C2)c1. The van der Waals surface area contributed by atoms with Crippen molar-refractivity contribution in [2.45, 2.75) is 19.1 Å². The summed E-state index contributed by atoms with van der Waals surface area (Å²) in [6.45, 7) is 3.55. The number of rotatable bonds is 3. The summed E-state index contributed by atoms with van der Waals surface area (Å²) in [5, 5.41) is 0. The lowest BCUT2D eigenvalue weighted by atomic mass is 10.1. The summed E-state index contributed by atoms with van der Waals surface area (Å²) in [6.07, 6.45) is -0.0942. The number of carbonyl (C=O) groups is 1. The molecule has 1 heterocycles. The maximum absolute atomic E-state index is 12.4. The van der Waals surface area contributed by atoms with Gasteiger partial charge in [0.1, 0.15) is 5.75 Å². The van der Waals surface area contributed by atoms with Gasteiger partial charge in [0, 0.05) is 24.7 Å². The highest BCUT2D eigenvalue weighted by Gasteiger charge is 2.27. The molecule has 1 aromatic carbocycles. The molecule has 19 heavy (non-hydrogen) atoms. The molecular formula is C14H20N2O3. The van der Waals surface area contributed by atoms with Gasteiger partial charge in [0.15, 0.2) is 0 Å². The second kappa shape index (κ2) is 6.04. The lowest BCUT2D eigenvalue weighted by Crippen LogP contribution is -2.51. The molecule has 5 heteroatoms. The normalized spacial score (nSPS) is 21.0. The Morgan fingerprint density at radius 3 is 3.05 bits per heavy atom. The lowest BCUT2D eigenvalue weighted by Gasteiger charge is -2.34. The van der Waals surface area contributed by atoms with Crippen LogP contribution in [-0.4, -0.2) is 49.8 Å². The summed E-state index contributed by atoms with van der Waals surface area (Å²) in [6, 6.07) is 7.09. The van der Waals surface area contributed by atoms with Gasteiger partial charge in [-0.25, -0.2) is 0 Å². The minimum absolute atomic E-state index is 0.00662. The van der Waals surface area contributed by atoms with Crippen LogP contribution in [0.2, 0.25) is 0 Å². The zero-order chi connectivity index (χ0) is 13.8. The fraction of sp³-hybridized carbons (Fsp3) is 0.500. The van der Waals surface area contributed by atoms with Crippen LogP contribution in [0.25, 0.3) is 0 Å². The van der Waals surface area contributed by atoms with Crippen molar-refractivity contribution in [3.05, 3.63) is 29.8 Å². The zero-order valence-electron chi connectivity index (χ0n) is 11.3. The van der Waals surface area contributed by atoms with E-state index in [9.17, 15) is 4.79 Å². The van der Waals surface area contributed by atoms with E-state index in [0.717, 1.165) is 0 Å². The topological polar surface area (TPSA) is 64.8 Å². The third kappa shape index (κ3) is 3.24. The standard InChI is InChI=1S/C14H20N2O3/c1-10(15)13-9-16(6-7-19-13)14(17)11-4-3-5-12(8-11)18-2/h3-5,8,10,13H,6-7,9,15H2,1-2H3. The van der Waals surface area contributed by atoms with Crippen molar-refractivity contribution in [3.63, 3.8) is 0 Å². The summed E-state index contributed by atoms with van der Waals surface area (Å²) < 4.78 is 10.7. The van der Waals surface area contributed by atoms with Crippen LogP contribution in [0.3, 0.4) is 0 Å². The third-order valence-electron chi connectivity index (χ3n) is 3.28. The number of amides is 1. The molecule has 0 bridgehead atoms. The molecule has 1 amide bonds. The molecule has 2 N–H and O–H groups in total. The molecule has 2 rings (SSSR count). The van der Waals surface area contributed by atoms with Gasteiger partial charge in [-0.05, 0) is 25.1 Å². The summed E-state index contributed by atoms with van der Waals surface area (Å²) in [7, 11) is 1.59. The number of hydrogen-bond donors (Lipinski definition) is 1. The Morgan fingerprint density at radius 2 is 2.37 bits per heavy atom.